The molecule has 3 aromatic carbocycles. The number of aromatic nitrogens is 2. The molecular formula is C27H20F3N3O5S. The Morgan fingerprint density at radius 1 is 1.00 bits per heavy atom. The monoisotopic (exact) mass is 555 g/mol. The van der Waals surface area contributed by atoms with Crippen LogP contribution < -0.4 is 9.46 Å². The first-order valence-corrected chi connectivity index (χ1v) is 13.1. The molecule has 0 bridgehead atoms. The van der Waals surface area contributed by atoms with Gasteiger partial charge in [0.25, 0.3) is 10.0 Å². The number of sulfonamides is 1. The predicted octanol–water partition coefficient (Wildman–Crippen LogP) is 5.58. The topological polar surface area (TPSA) is 118 Å². The van der Waals surface area contributed by atoms with Crippen LogP contribution in [0.5, 0.6) is 5.75 Å². The van der Waals surface area contributed by atoms with Crippen LogP contribution in [-0.4, -0.2) is 36.3 Å². The number of hydrogen-bond acceptors (Lipinski definition) is 6. The first-order chi connectivity index (χ1) is 18.5. The number of carboxylic acids is 1. The highest BCUT2D eigenvalue weighted by Gasteiger charge is 2.33. The minimum absolute atomic E-state index is 0.00696. The fourth-order valence-corrected chi connectivity index (χ4v) is 5.50. The summed E-state index contributed by atoms with van der Waals surface area (Å²) in [5, 5.41) is 16.6. The molecular weight excluding hydrogens is 535 g/mol. The predicted molar refractivity (Wildman–Crippen MR) is 135 cm³/mol. The van der Waals surface area contributed by atoms with Crippen molar-refractivity contribution in [3.05, 3.63) is 101 Å². The summed E-state index contributed by atoms with van der Waals surface area (Å²) in [7, 11) is -4.02. The minimum Gasteiger partial charge on any atom is -0.493 e. The highest BCUT2D eigenvalue weighted by atomic mass is 32.2. The summed E-state index contributed by atoms with van der Waals surface area (Å²) in [6.45, 7) is 0.206. The second kappa shape index (κ2) is 10.0. The molecule has 5 rings (SSSR count). The Labute approximate surface area is 221 Å². The SMILES string of the molecule is O=C(O)c1ccc(-c2cc(C(F)(F)F)ccc2C2CCOc3cc(S(=O)(=O)Nc4cccnn4)ccc32)cc1. The van der Waals surface area contributed by atoms with Crippen LogP contribution in [0.2, 0.25) is 0 Å². The van der Waals surface area contributed by atoms with Crippen LogP contribution in [0.4, 0.5) is 19.0 Å². The van der Waals surface area contributed by atoms with Crippen LogP contribution in [-0.2, 0) is 16.2 Å². The maximum Gasteiger partial charge on any atom is 0.416 e. The molecule has 0 amide bonds. The van der Waals surface area contributed by atoms with Gasteiger partial charge in [0, 0.05) is 23.7 Å². The van der Waals surface area contributed by atoms with Crippen LogP contribution in [0.1, 0.15) is 39.4 Å². The van der Waals surface area contributed by atoms with Crippen molar-refractivity contribution in [2.75, 3.05) is 11.3 Å². The third kappa shape index (κ3) is 5.41. The highest BCUT2D eigenvalue weighted by molar-refractivity contribution is 7.92. The van der Waals surface area contributed by atoms with E-state index in [0.29, 0.717) is 34.4 Å². The van der Waals surface area contributed by atoms with E-state index in [2.05, 4.69) is 14.9 Å². The average Bonchev–Trinajstić information content (AvgIpc) is 2.92. The second-order valence-electron chi connectivity index (χ2n) is 8.79. The number of hydrogen-bond donors (Lipinski definition) is 2. The van der Waals surface area contributed by atoms with Crippen LogP contribution in [0.25, 0.3) is 11.1 Å². The lowest BCUT2D eigenvalue weighted by atomic mass is 9.82. The molecule has 200 valence electrons. The number of nitrogens with one attached hydrogen (secondary N) is 1. The molecule has 1 aromatic heterocycles. The maximum atomic E-state index is 13.6. The minimum atomic E-state index is -4.58. The number of alkyl halides is 3. The molecule has 0 spiro atoms. The number of fused-ring (bicyclic) bond motifs is 1. The first kappa shape index (κ1) is 26.2. The number of carbonyl (C=O) groups is 1. The van der Waals surface area contributed by atoms with E-state index in [0.717, 1.165) is 12.1 Å². The van der Waals surface area contributed by atoms with E-state index in [4.69, 9.17) is 4.74 Å². The Morgan fingerprint density at radius 3 is 2.41 bits per heavy atom. The standard InChI is InChI=1S/C27H20F3N3O5S/c28-27(29,30)18-7-9-20(23(14-18)16-3-5-17(6-4-16)26(34)35)21-11-13-38-24-15-19(8-10-22(21)24)39(36,37)33-25-2-1-12-31-32-25/h1-10,12,14-15,21H,11,13H2,(H,32,33)(H,34,35). The number of carboxylic acid groups (broad SMARTS) is 1. The van der Waals surface area contributed by atoms with Gasteiger partial charge >= 0.3 is 12.1 Å². The molecule has 2 heterocycles. The van der Waals surface area contributed by atoms with Gasteiger partial charge in [0.1, 0.15) is 5.75 Å². The molecule has 1 unspecified atom stereocenters. The van der Waals surface area contributed by atoms with Gasteiger partial charge in [-0.15, -0.1) is 5.10 Å². The van der Waals surface area contributed by atoms with Crippen molar-refractivity contribution in [2.45, 2.75) is 23.4 Å². The molecule has 2 N–H and O–H groups in total. The van der Waals surface area contributed by atoms with E-state index in [1.54, 1.807) is 6.07 Å². The molecule has 8 nitrogen and oxygen atoms in total. The Morgan fingerprint density at radius 2 is 1.74 bits per heavy atom. The van der Waals surface area contributed by atoms with E-state index in [-0.39, 0.29) is 22.9 Å². The second-order valence-corrected chi connectivity index (χ2v) is 10.5. The smallest absolute Gasteiger partial charge is 0.416 e. The first-order valence-electron chi connectivity index (χ1n) is 11.6. The molecule has 0 fully saturated rings. The molecule has 4 aromatic rings. The lowest BCUT2D eigenvalue weighted by molar-refractivity contribution is -0.137. The van der Waals surface area contributed by atoms with Crippen molar-refractivity contribution >= 4 is 21.8 Å². The third-order valence-electron chi connectivity index (χ3n) is 6.34. The van der Waals surface area contributed by atoms with Gasteiger partial charge in [0.2, 0.25) is 0 Å². The van der Waals surface area contributed by atoms with Crippen LogP contribution in [0, 0.1) is 0 Å². The van der Waals surface area contributed by atoms with Gasteiger partial charge in [0.05, 0.1) is 22.6 Å². The van der Waals surface area contributed by atoms with Crippen molar-refractivity contribution in [3.63, 3.8) is 0 Å². The van der Waals surface area contributed by atoms with Gasteiger partial charge < -0.3 is 9.84 Å². The van der Waals surface area contributed by atoms with Crippen molar-refractivity contribution in [1.82, 2.24) is 10.2 Å². The summed E-state index contributed by atoms with van der Waals surface area (Å²) in [4.78, 5) is 11.2. The molecule has 1 aliphatic heterocycles. The Balaban J connectivity index is 1.56. The van der Waals surface area contributed by atoms with Gasteiger partial charge in [-0.05, 0) is 65.6 Å². The number of ether oxygens (including phenoxy) is 1. The summed E-state index contributed by atoms with van der Waals surface area (Å²) in [6.07, 6.45) is -2.75. The van der Waals surface area contributed by atoms with E-state index < -0.39 is 33.7 Å². The molecule has 0 radical (unpaired) electrons. The van der Waals surface area contributed by atoms with E-state index in [1.807, 2.05) is 0 Å². The van der Waals surface area contributed by atoms with Crippen LogP contribution in [0.3, 0.4) is 0 Å². The average molecular weight is 556 g/mol. The third-order valence-corrected chi connectivity index (χ3v) is 7.70. The molecule has 0 aliphatic carbocycles. The molecule has 0 saturated carbocycles. The zero-order valence-corrected chi connectivity index (χ0v) is 20.8. The maximum absolute atomic E-state index is 13.6. The zero-order chi connectivity index (χ0) is 27.8. The van der Waals surface area contributed by atoms with E-state index in [1.165, 1.54) is 60.8 Å². The van der Waals surface area contributed by atoms with Gasteiger partial charge in [-0.1, -0.05) is 24.3 Å². The molecule has 39 heavy (non-hydrogen) atoms. The number of nitrogens with zero attached hydrogens (tertiary/aromatic N) is 2. The molecule has 1 aliphatic rings. The number of anilines is 1. The van der Waals surface area contributed by atoms with E-state index >= 15 is 0 Å². The van der Waals surface area contributed by atoms with Crippen molar-refractivity contribution in [1.29, 1.82) is 0 Å². The summed E-state index contributed by atoms with van der Waals surface area (Å²) in [5.74, 6) is -1.23. The Hall–Kier alpha value is -4.45. The molecule has 1 atom stereocenters. The van der Waals surface area contributed by atoms with Gasteiger partial charge in [-0.25, -0.2) is 13.2 Å². The van der Waals surface area contributed by atoms with Gasteiger partial charge in [0.15, 0.2) is 5.82 Å². The number of halogens is 3. The zero-order valence-electron chi connectivity index (χ0n) is 20.0. The van der Waals surface area contributed by atoms with Crippen molar-refractivity contribution in [2.24, 2.45) is 0 Å². The number of rotatable bonds is 6. The summed E-state index contributed by atoms with van der Waals surface area (Å²) >= 11 is 0. The summed E-state index contributed by atoms with van der Waals surface area (Å²) in [5.41, 5.74) is 1.06. The Bertz CT molecular complexity index is 1640. The van der Waals surface area contributed by atoms with Crippen LogP contribution in [0.15, 0.2) is 83.9 Å². The normalized spacial score (nSPS) is 15.2. The summed E-state index contributed by atoms with van der Waals surface area (Å²) < 4.78 is 74.7. The lowest BCUT2D eigenvalue weighted by Gasteiger charge is -2.29. The van der Waals surface area contributed by atoms with Gasteiger partial charge in [-0.3, -0.25) is 4.72 Å². The Kier molecular flexibility index (Phi) is 6.73. The lowest BCUT2D eigenvalue weighted by Crippen LogP contribution is -2.19. The van der Waals surface area contributed by atoms with Crippen molar-refractivity contribution in [3.8, 4) is 16.9 Å². The summed E-state index contributed by atoms with van der Waals surface area (Å²) in [6, 6.07) is 16.4. The fourth-order valence-electron chi connectivity index (χ4n) is 4.49. The fraction of sp³-hybridized carbons (Fsp3) is 0.148. The largest absolute Gasteiger partial charge is 0.493 e. The van der Waals surface area contributed by atoms with Gasteiger partial charge in [-0.2, -0.15) is 18.3 Å². The number of aromatic carboxylic acids is 1. The highest BCUT2D eigenvalue weighted by Crippen LogP contribution is 2.44. The van der Waals surface area contributed by atoms with Crippen LogP contribution >= 0.6 is 0 Å². The van der Waals surface area contributed by atoms with E-state index in [9.17, 15) is 31.5 Å². The quantitative estimate of drug-likeness (QED) is 0.319. The van der Waals surface area contributed by atoms with Crippen molar-refractivity contribution < 1.29 is 36.2 Å². The number of benzene rings is 3. The molecule has 12 heteroatoms. The molecule has 0 saturated heterocycles.